The van der Waals surface area contributed by atoms with Crippen LogP contribution in [0, 0.1) is 11.3 Å². The van der Waals surface area contributed by atoms with Crippen molar-refractivity contribution in [2.45, 2.75) is 51.6 Å². The lowest BCUT2D eigenvalue weighted by molar-refractivity contribution is 0.0375. The van der Waals surface area contributed by atoms with E-state index in [0.29, 0.717) is 11.5 Å². The lowest BCUT2D eigenvalue weighted by Crippen LogP contribution is -2.38. The molecule has 7 nitrogen and oxygen atoms in total. The Labute approximate surface area is 196 Å². The number of aromatic nitrogens is 1. The molecule has 7 heteroatoms. The molecule has 0 spiro atoms. The van der Waals surface area contributed by atoms with Crippen LogP contribution in [0.2, 0.25) is 0 Å². The van der Waals surface area contributed by atoms with Gasteiger partial charge in [0.25, 0.3) is 0 Å². The molecule has 0 unspecified atom stereocenters. The van der Waals surface area contributed by atoms with Crippen molar-refractivity contribution in [3.8, 4) is 0 Å². The topological polar surface area (TPSA) is 87.5 Å². The lowest BCUT2D eigenvalue weighted by Gasteiger charge is -2.36. The van der Waals surface area contributed by atoms with E-state index < -0.39 is 5.97 Å². The smallest absolute Gasteiger partial charge is 0.356 e. The molecule has 33 heavy (non-hydrogen) atoms. The second kappa shape index (κ2) is 10.8. The van der Waals surface area contributed by atoms with Gasteiger partial charge in [-0.3, -0.25) is 0 Å². The third kappa shape index (κ3) is 5.36. The van der Waals surface area contributed by atoms with E-state index in [-0.39, 0.29) is 17.7 Å². The molecule has 1 aromatic heterocycles. The Bertz CT molecular complexity index is 967. The van der Waals surface area contributed by atoms with Crippen LogP contribution in [0.25, 0.3) is 0 Å². The number of methoxy groups -OCH3 is 1. The number of ether oxygens (including phenoxy) is 2. The number of hydrogen-bond acceptors (Lipinski definition) is 7. The predicted molar refractivity (Wildman–Crippen MR) is 131 cm³/mol. The average Bonchev–Trinajstić information content (AvgIpc) is 2.81. The fourth-order valence-corrected chi connectivity index (χ4v) is 4.45. The summed E-state index contributed by atoms with van der Waals surface area (Å²) in [6.45, 7) is 4.54. The number of hydrogen-bond donors (Lipinski definition) is 2. The lowest BCUT2D eigenvalue weighted by atomic mass is 9.79. The Balaban J connectivity index is 1.73. The first-order chi connectivity index (χ1) is 16.1. The minimum atomic E-state index is -0.477. The standard InChI is InChI=1S/C26H34N4O3/c1-3-16-33-20-12-14-30(15-13-20)22-17-21(26(31)32-2)29-25(28-19-10-5-4-6-11-19)23(22)24(27)18-8-7-9-18/h4-6,10-11,17-18,20,27H,3,7-9,12-16H2,1-2H3,(H,28,29). The molecule has 2 heterocycles. The van der Waals surface area contributed by atoms with Crippen LogP contribution >= 0.6 is 0 Å². The van der Waals surface area contributed by atoms with Crippen molar-refractivity contribution in [2.24, 2.45) is 5.92 Å². The van der Waals surface area contributed by atoms with Crippen LogP contribution in [0.1, 0.15) is 61.5 Å². The molecular formula is C26H34N4O3. The Morgan fingerprint density at radius 1 is 1.18 bits per heavy atom. The molecule has 1 aliphatic carbocycles. The van der Waals surface area contributed by atoms with Gasteiger partial charge in [-0.05, 0) is 50.3 Å². The largest absolute Gasteiger partial charge is 0.464 e. The summed E-state index contributed by atoms with van der Waals surface area (Å²) in [5.74, 6) is 0.298. The van der Waals surface area contributed by atoms with Gasteiger partial charge in [-0.15, -0.1) is 0 Å². The van der Waals surface area contributed by atoms with Gasteiger partial charge in [0.15, 0.2) is 5.69 Å². The molecular weight excluding hydrogens is 416 g/mol. The number of rotatable bonds is 9. The van der Waals surface area contributed by atoms with Gasteiger partial charge >= 0.3 is 5.97 Å². The molecule has 2 N–H and O–H groups in total. The number of piperidine rings is 1. The average molecular weight is 451 g/mol. The van der Waals surface area contributed by atoms with E-state index in [4.69, 9.17) is 14.9 Å². The molecule has 1 aliphatic heterocycles. The van der Waals surface area contributed by atoms with Gasteiger partial charge in [-0.2, -0.15) is 0 Å². The van der Waals surface area contributed by atoms with Crippen molar-refractivity contribution in [3.05, 3.63) is 47.7 Å². The molecule has 2 aromatic rings. The van der Waals surface area contributed by atoms with Crippen LogP contribution < -0.4 is 10.2 Å². The minimum absolute atomic E-state index is 0.233. The molecule has 0 bridgehead atoms. The van der Waals surface area contributed by atoms with E-state index in [0.717, 1.165) is 75.2 Å². The molecule has 1 saturated carbocycles. The normalized spacial score (nSPS) is 16.8. The molecule has 176 valence electrons. The zero-order chi connectivity index (χ0) is 23.2. The molecule has 0 atom stereocenters. The summed E-state index contributed by atoms with van der Waals surface area (Å²) in [4.78, 5) is 19.4. The summed E-state index contributed by atoms with van der Waals surface area (Å²) < 4.78 is 11.0. The second-order valence-electron chi connectivity index (χ2n) is 8.83. The van der Waals surface area contributed by atoms with Crippen LogP contribution in [-0.4, -0.2) is 49.6 Å². The van der Waals surface area contributed by atoms with Crippen molar-refractivity contribution < 1.29 is 14.3 Å². The molecule has 2 aliphatic rings. The number of carbonyl (C=O) groups is 1. The highest BCUT2D eigenvalue weighted by molar-refractivity contribution is 6.10. The van der Waals surface area contributed by atoms with Crippen molar-refractivity contribution >= 4 is 28.9 Å². The molecule has 4 rings (SSSR count). The number of nitrogens with zero attached hydrogens (tertiary/aromatic N) is 2. The maximum absolute atomic E-state index is 12.5. The number of carbonyl (C=O) groups excluding carboxylic acids is 1. The SMILES string of the molecule is CCCOC1CCN(c2cc(C(=O)OC)nc(Nc3ccccc3)c2C(=N)C2CCC2)CC1. The third-order valence-corrected chi connectivity index (χ3v) is 6.55. The van der Waals surface area contributed by atoms with E-state index in [1.165, 1.54) is 7.11 Å². The third-order valence-electron chi connectivity index (χ3n) is 6.55. The van der Waals surface area contributed by atoms with Crippen LogP contribution in [0.5, 0.6) is 0 Å². The first-order valence-electron chi connectivity index (χ1n) is 12.0. The van der Waals surface area contributed by atoms with Crippen LogP contribution in [0.15, 0.2) is 36.4 Å². The molecule has 0 radical (unpaired) electrons. The summed E-state index contributed by atoms with van der Waals surface area (Å²) in [6.07, 6.45) is 6.33. The summed E-state index contributed by atoms with van der Waals surface area (Å²) in [7, 11) is 1.37. The van der Waals surface area contributed by atoms with E-state index in [1.807, 2.05) is 30.3 Å². The number of benzene rings is 1. The minimum Gasteiger partial charge on any atom is -0.464 e. The van der Waals surface area contributed by atoms with Gasteiger partial charge in [-0.1, -0.05) is 31.5 Å². The van der Waals surface area contributed by atoms with Crippen molar-refractivity contribution in [1.82, 2.24) is 4.98 Å². The van der Waals surface area contributed by atoms with E-state index in [2.05, 4.69) is 22.1 Å². The predicted octanol–water partition coefficient (Wildman–Crippen LogP) is 5.18. The van der Waals surface area contributed by atoms with Gasteiger partial charge < -0.3 is 25.1 Å². The monoisotopic (exact) mass is 450 g/mol. The summed E-state index contributed by atoms with van der Waals surface area (Å²) >= 11 is 0. The van der Waals surface area contributed by atoms with Crippen LogP contribution in [0.3, 0.4) is 0 Å². The summed E-state index contributed by atoms with van der Waals surface area (Å²) in [5, 5.41) is 12.4. The van der Waals surface area contributed by atoms with Crippen molar-refractivity contribution in [3.63, 3.8) is 0 Å². The molecule has 0 amide bonds. The highest BCUT2D eigenvalue weighted by atomic mass is 16.5. The highest BCUT2D eigenvalue weighted by Gasteiger charge is 2.31. The van der Waals surface area contributed by atoms with Gasteiger partial charge in [0.05, 0.1) is 24.5 Å². The first-order valence-corrected chi connectivity index (χ1v) is 12.0. The van der Waals surface area contributed by atoms with Crippen molar-refractivity contribution in [2.75, 3.05) is 37.0 Å². The molecule has 1 aromatic carbocycles. The maximum atomic E-state index is 12.5. The number of anilines is 3. The Hall–Kier alpha value is -2.93. The van der Waals surface area contributed by atoms with Crippen molar-refractivity contribution in [1.29, 1.82) is 5.41 Å². The van der Waals surface area contributed by atoms with Crippen LogP contribution in [-0.2, 0) is 9.47 Å². The maximum Gasteiger partial charge on any atom is 0.356 e. The quantitative estimate of drug-likeness (QED) is 0.405. The van der Waals surface area contributed by atoms with E-state index in [1.54, 1.807) is 6.07 Å². The highest BCUT2D eigenvalue weighted by Crippen LogP contribution is 2.38. The fourth-order valence-electron chi connectivity index (χ4n) is 4.45. The number of para-hydroxylation sites is 1. The Morgan fingerprint density at radius 2 is 1.91 bits per heavy atom. The molecule has 1 saturated heterocycles. The number of nitrogens with one attached hydrogen (secondary N) is 2. The van der Waals surface area contributed by atoms with Gasteiger partial charge in [-0.25, -0.2) is 9.78 Å². The number of pyridine rings is 1. The number of esters is 1. The second-order valence-corrected chi connectivity index (χ2v) is 8.83. The molecule has 2 fully saturated rings. The first kappa shape index (κ1) is 23.2. The Kier molecular flexibility index (Phi) is 7.60. The summed E-state index contributed by atoms with van der Waals surface area (Å²) in [5.41, 5.74) is 3.40. The summed E-state index contributed by atoms with van der Waals surface area (Å²) in [6, 6.07) is 11.6. The zero-order valence-electron chi connectivity index (χ0n) is 19.6. The zero-order valence-corrected chi connectivity index (χ0v) is 19.6. The van der Waals surface area contributed by atoms with Gasteiger partial charge in [0.2, 0.25) is 0 Å². The van der Waals surface area contributed by atoms with Gasteiger partial charge in [0, 0.05) is 37.0 Å². The van der Waals surface area contributed by atoms with Crippen LogP contribution in [0.4, 0.5) is 17.2 Å². The van der Waals surface area contributed by atoms with E-state index >= 15 is 0 Å². The Morgan fingerprint density at radius 3 is 2.52 bits per heavy atom. The van der Waals surface area contributed by atoms with Gasteiger partial charge in [0.1, 0.15) is 5.82 Å². The van der Waals surface area contributed by atoms with E-state index in [9.17, 15) is 4.79 Å². The fraction of sp³-hybridized carbons (Fsp3) is 0.500.